The average Bonchev–Trinajstić information content (AvgIpc) is 2.77. The molecule has 0 radical (unpaired) electrons. The molecule has 1 aromatic carbocycles. The Morgan fingerprint density at radius 1 is 1.39 bits per heavy atom. The van der Waals surface area contributed by atoms with E-state index in [2.05, 4.69) is 6.92 Å². The summed E-state index contributed by atoms with van der Waals surface area (Å²) in [7, 11) is 0. The third-order valence-electron chi connectivity index (χ3n) is 3.90. The second kappa shape index (κ2) is 5.55. The van der Waals surface area contributed by atoms with Gasteiger partial charge in [-0.2, -0.15) is 0 Å². The molecule has 0 aliphatic heterocycles. The Hall–Kier alpha value is -1.31. The van der Waals surface area contributed by atoms with Crippen LogP contribution in [0.2, 0.25) is 0 Å². The topological polar surface area (TPSA) is 26.3 Å². The van der Waals surface area contributed by atoms with Gasteiger partial charge < -0.3 is 4.74 Å². The lowest BCUT2D eigenvalue weighted by Gasteiger charge is -2.17. The van der Waals surface area contributed by atoms with Crippen molar-refractivity contribution < 1.29 is 9.53 Å². The Kier molecular flexibility index (Phi) is 4.05. The van der Waals surface area contributed by atoms with Crippen LogP contribution in [-0.2, 0) is 0 Å². The molecule has 0 bridgehead atoms. The van der Waals surface area contributed by atoms with Gasteiger partial charge >= 0.3 is 0 Å². The molecular weight excluding hydrogens is 224 g/mol. The van der Waals surface area contributed by atoms with Gasteiger partial charge in [-0.1, -0.05) is 25.0 Å². The number of hydrogen-bond acceptors (Lipinski definition) is 2. The van der Waals surface area contributed by atoms with Gasteiger partial charge in [0.1, 0.15) is 5.75 Å². The summed E-state index contributed by atoms with van der Waals surface area (Å²) in [6.07, 6.45) is 3.37. The Morgan fingerprint density at radius 3 is 2.78 bits per heavy atom. The molecule has 2 unspecified atom stereocenters. The van der Waals surface area contributed by atoms with E-state index in [9.17, 15) is 4.79 Å². The number of Topliss-reactive ketones (excluding diaryl/α,β-unsaturated/α-hetero) is 1. The molecule has 0 aromatic heterocycles. The first-order valence-corrected chi connectivity index (χ1v) is 6.91. The van der Waals surface area contributed by atoms with Crippen molar-refractivity contribution in [1.82, 2.24) is 0 Å². The van der Waals surface area contributed by atoms with Crippen LogP contribution in [0.25, 0.3) is 0 Å². The summed E-state index contributed by atoms with van der Waals surface area (Å²) < 4.78 is 5.59. The minimum Gasteiger partial charge on any atom is -0.493 e. The van der Waals surface area contributed by atoms with Crippen molar-refractivity contribution in [3.05, 3.63) is 29.3 Å². The van der Waals surface area contributed by atoms with E-state index in [0.717, 1.165) is 23.3 Å². The van der Waals surface area contributed by atoms with E-state index in [1.54, 1.807) is 0 Å². The van der Waals surface area contributed by atoms with E-state index in [1.807, 2.05) is 32.0 Å². The zero-order valence-corrected chi connectivity index (χ0v) is 11.5. The zero-order chi connectivity index (χ0) is 13.1. The summed E-state index contributed by atoms with van der Waals surface area (Å²) in [6.45, 7) is 6.76. The van der Waals surface area contributed by atoms with Crippen LogP contribution >= 0.6 is 0 Å². The fourth-order valence-electron chi connectivity index (χ4n) is 2.85. The van der Waals surface area contributed by atoms with E-state index < -0.39 is 0 Å². The second-order valence-corrected chi connectivity index (χ2v) is 5.31. The van der Waals surface area contributed by atoms with E-state index in [1.165, 1.54) is 12.8 Å². The van der Waals surface area contributed by atoms with Gasteiger partial charge in [0, 0.05) is 5.92 Å². The number of hydrogen-bond donors (Lipinski definition) is 0. The maximum Gasteiger partial charge on any atom is 0.169 e. The molecule has 2 rings (SSSR count). The molecule has 1 aliphatic rings. The quantitative estimate of drug-likeness (QED) is 0.750. The van der Waals surface area contributed by atoms with Crippen molar-refractivity contribution in [3.8, 4) is 5.75 Å². The maximum absolute atomic E-state index is 12.6. The Morgan fingerprint density at radius 2 is 2.17 bits per heavy atom. The van der Waals surface area contributed by atoms with Crippen LogP contribution in [0, 0.1) is 18.8 Å². The SMILES string of the molecule is CCOc1ccc(C)cc1C(=O)C1CCCC1C. The standard InChI is InChI=1S/C16H22O2/c1-4-18-15-9-8-11(2)10-14(15)16(17)13-7-5-6-12(13)3/h8-10,12-13H,4-7H2,1-3H3. The highest BCUT2D eigenvalue weighted by atomic mass is 16.5. The van der Waals surface area contributed by atoms with Gasteiger partial charge in [-0.25, -0.2) is 0 Å². The molecule has 98 valence electrons. The number of rotatable bonds is 4. The molecule has 1 fully saturated rings. The number of ether oxygens (including phenoxy) is 1. The van der Waals surface area contributed by atoms with E-state index in [-0.39, 0.29) is 11.7 Å². The van der Waals surface area contributed by atoms with Gasteiger partial charge in [-0.05, 0) is 44.7 Å². The molecule has 2 atom stereocenters. The third kappa shape index (κ3) is 2.58. The summed E-state index contributed by atoms with van der Waals surface area (Å²) in [5, 5.41) is 0. The zero-order valence-electron chi connectivity index (χ0n) is 11.5. The summed E-state index contributed by atoms with van der Waals surface area (Å²) >= 11 is 0. The number of carbonyl (C=O) groups is 1. The monoisotopic (exact) mass is 246 g/mol. The Labute approximate surface area is 109 Å². The second-order valence-electron chi connectivity index (χ2n) is 5.31. The molecule has 0 saturated heterocycles. The van der Waals surface area contributed by atoms with Gasteiger partial charge in [0.2, 0.25) is 0 Å². The molecule has 0 amide bonds. The van der Waals surface area contributed by atoms with Crippen molar-refractivity contribution in [2.75, 3.05) is 6.61 Å². The number of aryl methyl sites for hydroxylation is 1. The van der Waals surface area contributed by atoms with Crippen LogP contribution in [0.3, 0.4) is 0 Å². The van der Waals surface area contributed by atoms with Gasteiger partial charge in [0.25, 0.3) is 0 Å². The van der Waals surface area contributed by atoms with Crippen molar-refractivity contribution in [2.45, 2.75) is 40.0 Å². The first-order chi connectivity index (χ1) is 8.63. The van der Waals surface area contributed by atoms with Gasteiger partial charge in [0.05, 0.1) is 12.2 Å². The molecule has 1 aromatic rings. The predicted molar refractivity (Wildman–Crippen MR) is 73.2 cm³/mol. The lowest BCUT2D eigenvalue weighted by atomic mass is 9.89. The smallest absolute Gasteiger partial charge is 0.169 e. The van der Waals surface area contributed by atoms with Crippen molar-refractivity contribution >= 4 is 5.78 Å². The highest BCUT2D eigenvalue weighted by Gasteiger charge is 2.31. The first-order valence-electron chi connectivity index (χ1n) is 6.91. The average molecular weight is 246 g/mol. The molecule has 2 nitrogen and oxygen atoms in total. The minimum absolute atomic E-state index is 0.186. The van der Waals surface area contributed by atoms with E-state index in [4.69, 9.17) is 4.74 Å². The predicted octanol–water partition coefficient (Wildman–Crippen LogP) is 4.01. The van der Waals surface area contributed by atoms with E-state index >= 15 is 0 Å². The Bertz CT molecular complexity index is 437. The summed E-state index contributed by atoms with van der Waals surface area (Å²) in [5.41, 5.74) is 1.89. The van der Waals surface area contributed by atoms with Crippen molar-refractivity contribution in [1.29, 1.82) is 0 Å². The van der Waals surface area contributed by atoms with Crippen LogP contribution in [-0.4, -0.2) is 12.4 Å². The summed E-state index contributed by atoms with van der Waals surface area (Å²) in [5.74, 6) is 1.71. The summed E-state index contributed by atoms with van der Waals surface area (Å²) in [4.78, 5) is 12.6. The third-order valence-corrected chi connectivity index (χ3v) is 3.90. The van der Waals surface area contributed by atoms with Gasteiger partial charge in [-0.3, -0.25) is 4.79 Å². The molecule has 2 heteroatoms. The molecule has 0 heterocycles. The van der Waals surface area contributed by atoms with Crippen LogP contribution in [0.5, 0.6) is 5.75 Å². The highest BCUT2D eigenvalue weighted by molar-refractivity contribution is 6.00. The first kappa shape index (κ1) is 13.1. The maximum atomic E-state index is 12.6. The molecule has 1 aliphatic carbocycles. The fourth-order valence-corrected chi connectivity index (χ4v) is 2.85. The van der Waals surface area contributed by atoms with Crippen LogP contribution in [0.1, 0.15) is 49.0 Å². The number of benzene rings is 1. The lowest BCUT2D eigenvalue weighted by molar-refractivity contribution is 0.0893. The minimum atomic E-state index is 0.186. The van der Waals surface area contributed by atoms with Gasteiger partial charge in [-0.15, -0.1) is 0 Å². The Balaban J connectivity index is 2.30. The highest BCUT2D eigenvalue weighted by Crippen LogP contribution is 2.35. The van der Waals surface area contributed by atoms with Crippen LogP contribution in [0.4, 0.5) is 0 Å². The largest absolute Gasteiger partial charge is 0.493 e. The van der Waals surface area contributed by atoms with Gasteiger partial charge in [0.15, 0.2) is 5.78 Å². The number of ketones is 1. The fraction of sp³-hybridized carbons (Fsp3) is 0.562. The molecule has 0 N–H and O–H groups in total. The molecule has 0 spiro atoms. The number of carbonyl (C=O) groups excluding carboxylic acids is 1. The normalized spacial score (nSPS) is 23.1. The lowest BCUT2D eigenvalue weighted by Crippen LogP contribution is -2.18. The molecule has 18 heavy (non-hydrogen) atoms. The van der Waals surface area contributed by atoms with Crippen LogP contribution in [0.15, 0.2) is 18.2 Å². The van der Waals surface area contributed by atoms with Crippen molar-refractivity contribution in [2.24, 2.45) is 11.8 Å². The summed E-state index contributed by atoms with van der Waals surface area (Å²) in [6, 6.07) is 5.89. The van der Waals surface area contributed by atoms with E-state index in [0.29, 0.717) is 12.5 Å². The molecular formula is C16H22O2. The van der Waals surface area contributed by atoms with Crippen LogP contribution < -0.4 is 4.74 Å². The molecule has 1 saturated carbocycles. The van der Waals surface area contributed by atoms with Crippen molar-refractivity contribution in [3.63, 3.8) is 0 Å².